The summed E-state index contributed by atoms with van der Waals surface area (Å²) in [4.78, 5) is 18.6. The first-order chi connectivity index (χ1) is 14.0. The number of rotatable bonds is 10. The van der Waals surface area contributed by atoms with Gasteiger partial charge >= 0.3 is 0 Å². The van der Waals surface area contributed by atoms with E-state index in [9.17, 15) is 9.90 Å². The molecule has 1 aromatic carbocycles. The molecule has 0 aliphatic rings. The van der Waals surface area contributed by atoms with E-state index in [-0.39, 0.29) is 23.9 Å². The number of amides is 1. The van der Waals surface area contributed by atoms with Crippen LogP contribution in [0.15, 0.2) is 46.2 Å². The van der Waals surface area contributed by atoms with Gasteiger partial charge in [-0.15, -0.1) is 11.3 Å². The van der Waals surface area contributed by atoms with Crippen LogP contribution in [0.5, 0.6) is 0 Å². The van der Waals surface area contributed by atoms with Crippen LogP contribution in [0.1, 0.15) is 50.5 Å². The summed E-state index contributed by atoms with van der Waals surface area (Å²) in [6.45, 7) is 6.06. The number of hydrogen-bond donors (Lipinski definition) is 3. The fourth-order valence-electron chi connectivity index (χ4n) is 3.35. The van der Waals surface area contributed by atoms with Crippen molar-refractivity contribution in [3.05, 3.63) is 52.5 Å². The Morgan fingerprint density at radius 3 is 2.69 bits per heavy atom. The van der Waals surface area contributed by atoms with Crippen LogP contribution in [-0.4, -0.2) is 34.1 Å². The quantitative estimate of drug-likeness (QED) is 0.469. The molecule has 0 aliphatic carbocycles. The molecular formula is C22H29N3O3S. The van der Waals surface area contributed by atoms with Gasteiger partial charge < -0.3 is 20.2 Å². The molecule has 7 heteroatoms. The number of thiophene rings is 1. The molecule has 0 spiro atoms. The number of nitrogens with one attached hydrogen (secondary N) is 2. The monoisotopic (exact) mass is 415 g/mol. The Balaban J connectivity index is 1.75. The van der Waals surface area contributed by atoms with Gasteiger partial charge in [-0.2, -0.15) is 0 Å². The number of carbonyl (C=O) groups is 1. The molecule has 3 rings (SSSR count). The second kappa shape index (κ2) is 10.0. The molecule has 0 radical (unpaired) electrons. The van der Waals surface area contributed by atoms with Crippen LogP contribution in [0.2, 0.25) is 0 Å². The first kappa shape index (κ1) is 21.5. The zero-order valence-corrected chi connectivity index (χ0v) is 17.9. The highest BCUT2D eigenvalue weighted by atomic mass is 32.1. The third kappa shape index (κ3) is 5.65. The van der Waals surface area contributed by atoms with E-state index in [2.05, 4.69) is 15.6 Å². The minimum absolute atomic E-state index is 0.124. The highest BCUT2D eigenvalue weighted by Gasteiger charge is 2.29. The van der Waals surface area contributed by atoms with Crippen molar-refractivity contribution in [1.82, 2.24) is 15.6 Å². The summed E-state index contributed by atoms with van der Waals surface area (Å²) < 4.78 is 5.72. The summed E-state index contributed by atoms with van der Waals surface area (Å²) in [5, 5.41) is 19.3. The number of aromatic nitrogens is 1. The molecule has 3 N–H and O–H groups in total. The third-order valence-electron chi connectivity index (χ3n) is 4.71. The molecule has 6 nitrogen and oxygen atoms in total. The zero-order chi connectivity index (χ0) is 20.8. The molecule has 1 unspecified atom stereocenters. The van der Waals surface area contributed by atoms with E-state index in [1.54, 1.807) is 11.3 Å². The van der Waals surface area contributed by atoms with Crippen LogP contribution in [0, 0.1) is 0 Å². The third-order valence-corrected chi connectivity index (χ3v) is 5.61. The minimum Gasteiger partial charge on any atom is -0.438 e. The van der Waals surface area contributed by atoms with Gasteiger partial charge in [-0.25, -0.2) is 4.98 Å². The maximum absolute atomic E-state index is 13.1. The van der Waals surface area contributed by atoms with Crippen molar-refractivity contribution in [2.24, 2.45) is 0 Å². The number of hydrogen-bond acceptors (Lipinski definition) is 6. The van der Waals surface area contributed by atoms with Crippen molar-refractivity contribution in [3.63, 3.8) is 0 Å². The second-order valence-electron chi connectivity index (χ2n) is 7.53. The molecule has 0 fully saturated rings. The van der Waals surface area contributed by atoms with Gasteiger partial charge in [0, 0.05) is 17.3 Å². The van der Waals surface area contributed by atoms with Crippen LogP contribution >= 0.6 is 11.3 Å². The number of aliphatic hydroxyl groups is 1. The van der Waals surface area contributed by atoms with E-state index >= 15 is 0 Å². The lowest BCUT2D eigenvalue weighted by molar-refractivity contribution is -0.125. The van der Waals surface area contributed by atoms with Crippen molar-refractivity contribution >= 4 is 28.3 Å². The van der Waals surface area contributed by atoms with Gasteiger partial charge in [0.1, 0.15) is 5.52 Å². The SMILES string of the molecule is CCCC(NC(=O)[C@H](Cc1cccs1)NC(C)C)[C@H](O)c1nc2ccccc2o1. The molecule has 156 valence electrons. The fourth-order valence-corrected chi connectivity index (χ4v) is 4.10. The van der Waals surface area contributed by atoms with Gasteiger partial charge in [0.25, 0.3) is 0 Å². The molecule has 0 bridgehead atoms. The van der Waals surface area contributed by atoms with Crippen molar-refractivity contribution in [2.75, 3.05) is 0 Å². The number of oxazole rings is 1. The van der Waals surface area contributed by atoms with Crippen molar-refractivity contribution < 1.29 is 14.3 Å². The molecule has 3 atom stereocenters. The van der Waals surface area contributed by atoms with Gasteiger partial charge in [-0.1, -0.05) is 45.4 Å². The lowest BCUT2D eigenvalue weighted by atomic mass is 10.0. The van der Waals surface area contributed by atoms with Crippen molar-refractivity contribution in [1.29, 1.82) is 0 Å². The highest BCUT2D eigenvalue weighted by molar-refractivity contribution is 7.09. The van der Waals surface area contributed by atoms with Gasteiger partial charge in [0.15, 0.2) is 11.7 Å². The normalized spacial score (nSPS) is 14.8. The number of benzene rings is 1. The summed E-state index contributed by atoms with van der Waals surface area (Å²) in [5.74, 6) is 0.109. The standard InChI is InChI=1S/C22H29N3O3S/c1-4-8-17(20(26)22-25-16-10-5-6-11-19(16)28-22)24-21(27)18(23-14(2)3)13-15-9-7-12-29-15/h5-7,9-12,14,17-18,20,23,26H,4,8,13H2,1-3H3,(H,24,27)/t17?,18-,20-/m0/s1. The Hall–Kier alpha value is -2.22. The van der Waals surface area contributed by atoms with Crippen LogP contribution in [0.4, 0.5) is 0 Å². The molecular weight excluding hydrogens is 386 g/mol. The smallest absolute Gasteiger partial charge is 0.237 e. The average molecular weight is 416 g/mol. The number of para-hydroxylation sites is 2. The Kier molecular flexibility index (Phi) is 7.41. The highest BCUT2D eigenvalue weighted by Crippen LogP contribution is 2.24. The van der Waals surface area contributed by atoms with E-state index in [0.29, 0.717) is 23.9 Å². The number of fused-ring (bicyclic) bond motifs is 1. The average Bonchev–Trinajstić information content (AvgIpc) is 3.35. The van der Waals surface area contributed by atoms with Crippen LogP contribution in [-0.2, 0) is 11.2 Å². The number of carbonyl (C=O) groups excluding carboxylic acids is 1. The Morgan fingerprint density at radius 1 is 1.24 bits per heavy atom. The molecule has 29 heavy (non-hydrogen) atoms. The largest absolute Gasteiger partial charge is 0.438 e. The summed E-state index contributed by atoms with van der Waals surface area (Å²) in [6, 6.07) is 10.7. The maximum atomic E-state index is 13.1. The van der Waals surface area contributed by atoms with Crippen molar-refractivity contribution in [3.8, 4) is 0 Å². The second-order valence-corrected chi connectivity index (χ2v) is 8.56. The Bertz CT molecular complexity index is 874. The summed E-state index contributed by atoms with van der Waals surface area (Å²) in [5.41, 5.74) is 1.32. The number of nitrogens with zero attached hydrogens (tertiary/aromatic N) is 1. The van der Waals surface area contributed by atoms with Crippen LogP contribution in [0.25, 0.3) is 11.1 Å². The fraction of sp³-hybridized carbons (Fsp3) is 0.455. The maximum Gasteiger partial charge on any atom is 0.237 e. The molecule has 2 heterocycles. The minimum atomic E-state index is -1.01. The summed E-state index contributed by atoms with van der Waals surface area (Å²) >= 11 is 1.64. The molecule has 3 aromatic rings. The van der Waals surface area contributed by atoms with Crippen molar-refractivity contribution in [2.45, 2.75) is 64.3 Å². The Labute approximate surface area is 175 Å². The van der Waals surface area contributed by atoms with E-state index in [4.69, 9.17) is 4.42 Å². The zero-order valence-electron chi connectivity index (χ0n) is 17.1. The summed E-state index contributed by atoms with van der Waals surface area (Å²) in [6.07, 6.45) is 1.04. The van der Waals surface area contributed by atoms with E-state index in [1.165, 1.54) is 0 Å². The van der Waals surface area contributed by atoms with Gasteiger partial charge in [0.2, 0.25) is 11.8 Å². The van der Waals surface area contributed by atoms with Crippen LogP contribution in [0.3, 0.4) is 0 Å². The van der Waals surface area contributed by atoms with E-state index < -0.39 is 12.1 Å². The van der Waals surface area contributed by atoms with E-state index in [0.717, 1.165) is 11.3 Å². The topological polar surface area (TPSA) is 87.4 Å². The first-order valence-electron chi connectivity index (χ1n) is 10.1. The predicted octanol–water partition coefficient (Wildman–Crippen LogP) is 3.82. The molecule has 0 saturated heterocycles. The molecule has 0 saturated carbocycles. The Morgan fingerprint density at radius 2 is 2.03 bits per heavy atom. The predicted molar refractivity (Wildman–Crippen MR) is 116 cm³/mol. The van der Waals surface area contributed by atoms with Gasteiger partial charge in [0.05, 0.1) is 12.1 Å². The molecule has 1 amide bonds. The lowest BCUT2D eigenvalue weighted by Gasteiger charge is -2.26. The van der Waals surface area contributed by atoms with Crippen LogP contribution < -0.4 is 10.6 Å². The molecule has 0 aliphatic heterocycles. The number of aliphatic hydroxyl groups excluding tert-OH is 1. The first-order valence-corrected chi connectivity index (χ1v) is 11.0. The lowest BCUT2D eigenvalue weighted by Crippen LogP contribution is -2.52. The van der Waals surface area contributed by atoms with E-state index in [1.807, 2.05) is 62.5 Å². The molecule has 2 aromatic heterocycles. The summed E-state index contributed by atoms with van der Waals surface area (Å²) in [7, 11) is 0. The van der Waals surface area contributed by atoms with Gasteiger partial charge in [-0.05, 0) is 30.0 Å². The van der Waals surface area contributed by atoms with Gasteiger partial charge in [-0.3, -0.25) is 4.79 Å².